The van der Waals surface area contributed by atoms with Gasteiger partial charge in [-0.1, -0.05) is 0 Å². The van der Waals surface area contributed by atoms with Crippen molar-refractivity contribution in [2.75, 3.05) is 33.9 Å². The third kappa shape index (κ3) is 4.25. The number of ether oxygens (including phenoxy) is 2. The van der Waals surface area contributed by atoms with Crippen LogP contribution in [0.2, 0.25) is 0 Å². The van der Waals surface area contributed by atoms with Gasteiger partial charge in [-0.2, -0.15) is 0 Å². The first-order valence-electron chi connectivity index (χ1n) is 6.65. The van der Waals surface area contributed by atoms with E-state index < -0.39 is 6.10 Å². The van der Waals surface area contributed by atoms with Gasteiger partial charge in [0.1, 0.15) is 16.0 Å². The highest BCUT2D eigenvalue weighted by Gasteiger charge is 2.25. The van der Waals surface area contributed by atoms with E-state index in [9.17, 15) is 9.90 Å². The van der Waals surface area contributed by atoms with Gasteiger partial charge in [-0.15, -0.1) is 12.4 Å². The smallest absolute Gasteiger partial charge is 0.251 e. The lowest BCUT2D eigenvalue weighted by Gasteiger charge is -2.15. The summed E-state index contributed by atoms with van der Waals surface area (Å²) in [6, 6.07) is 3.29. The minimum Gasteiger partial charge on any atom is -0.495 e. The third-order valence-corrected chi connectivity index (χ3v) is 4.32. The Balaban J connectivity index is 0.00000242. The van der Waals surface area contributed by atoms with Crippen LogP contribution in [0.1, 0.15) is 10.4 Å². The second kappa shape index (κ2) is 8.57. The summed E-state index contributed by atoms with van der Waals surface area (Å²) in [6.45, 7) is 1.70. The van der Waals surface area contributed by atoms with Gasteiger partial charge in [0.2, 0.25) is 0 Å². The van der Waals surface area contributed by atoms with Crippen LogP contribution in [0.25, 0.3) is 0 Å². The van der Waals surface area contributed by atoms with Crippen LogP contribution < -0.4 is 20.1 Å². The zero-order valence-corrected chi connectivity index (χ0v) is 14.8. The van der Waals surface area contributed by atoms with E-state index in [2.05, 4.69) is 26.6 Å². The quantitative estimate of drug-likeness (QED) is 0.698. The molecule has 0 spiro atoms. The van der Waals surface area contributed by atoms with Crippen molar-refractivity contribution in [1.82, 2.24) is 10.6 Å². The molecular formula is C14H20BrClN2O4. The maximum Gasteiger partial charge on any atom is 0.251 e. The molecule has 6 nitrogen and oxygen atoms in total. The van der Waals surface area contributed by atoms with Gasteiger partial charge in [-0.3, -0.25) is 4.79 Å². The second-order valence-electron chi connectivity index (χ2n) is 4.89. The number of rotatable bonds is 5. The van der Waals surface area contributed by atoms with Crippen molar-refractivity contribution >= 4 is 34.2 Å². The van der Waals surface area contributed by atoms with E-state index in [4.69, 9.17) is 9.47 Å². The molecule has 22 heavy (non-hydrogen) atoms. The Labute approximate surface area is 144 Å². The molecule has 124 valence electrons. The Bertz CT molecular complexity index is 505. The molecule has 1 aromatic carbocycles. The molecule has 1 fully saturated rings. The first-order chi connectivity index (χ1) is 10.1. The molecule has 1 aliphatic rings. The number of hydrogen-bond donors (Lipinski definition) is 3. The minimum absolute atomic E-state index is 0. The number of β-amino-alcohol motifs (C(OH)–C–C–N with tert-alkyl or cyclic N) is 1. The van der Waals surface area contributed by atoms with Crippen LogP contribution in [-0.4, -0.2) is 51.0 Å². The first kappa shape index (κ1) is 19.0. The Hall–Kier alpha value is -1.02. The highest BCUT2D eigenvalue weighted by atomic mass is 79.9. The molecule has 2 rings (SSSR count). The molecule has 2 atom stereocenters. The summed E-state index contributed by atoms with van der Waals surface area (Å²) in [6.07, 6.45) is -0.417. The van der Waals surface area contributed by atoms with E-state index in [1.165, 1.54) is 14.2 Å². The summed E-state index contributed by atoms with van der Waals surface area (Å²) in [5, 5.41) is 15.6. The summed E-state index contributed by atoms with van der Waals surface area (Å²) in [5.41, 5.74) is 0.451. The zero-order chi connectivity index (χ0) is 15.4. The number of methoxy groups -OCH3 is 2. The van der Waals surface area contributed by atoms with Gasteiger partial charge in [0.05, 0.1) is 20.3 Å². The number of benzene rings is 1. The van der Waals surface area contributed by atoms with Gasteiger partial charge in [0.25, 0.3) is 5.91 Å². The molecule has 1 aromatic rings. The first-order valence-corrected chi connectivity index (χ1v) is 7.44. The number of halogens is 2. The van der Waals surface area contributed by atoms with E-state index in [1.54, 1.807) is 12.1 Å². The third-order valence-electron chi connectivity index (χ3n) is 3.54. The Morgan fingerprint density at radius 1 is 1.36 bits per heavy atom. The summed E-state index contributed by atoms with van der Waals surface area (Å²) < 4.78 is 11.1. The molecule has 3 N–H and O–H groups in total. The Morgan fingerprint density at radius 2 is 1.95 bits per heavy atom. The fourth-order valence-electron chi connectivity index (χ4n) is 2.25. The average molecular weight is 396 g/mol. The highest BCUT2D eigenvalue weighted by Crippen LogP contribution is 2.35. The number of aliphatic hydroxyl groups excluding tert-OH is 1. The van der Waals surface area contributed by atoms with Crippen LogP contribution >= 0.6 is 28.3 Å². The van der Waals surface area contributed by atoms with Crippen molar-refractivity contribution in [3.8, 4) is 11.5 Å². The van der Waals surface area contributed by atoms with Crippen molar-refractivity contribution in [3.63, 3.8) is 0 Å². The number of aliphatic hydroxyl groups is 1. The van der Waals surface area contributed by atoms with Gasteiger partial charge < -0.3 is 25.2 Å². The molecule has 0 bridgehead atoms. The Kier molecular flexibility index (Phi) is 7.41. The van der Waals surface area contributed by atoms with Gasteiger partial charge in [-0.05, 0) is 28.1 Å². The number of amides is 1. The second-order valence-corrected chi connectivity index (χ2v) is 5.68. The van der Waals surface area contributed by atoms with Gasteiger partial charge in [0, 0.05) is 31.1 Å². The van der Waals surface area contributed by atoms with E-state index in [1.807, 2.05) is 0 Å². The fraction of sp³-hybridized carbons (Fsp3) is 0.500. The SMILES string of the molecule is COc1cc(C(=O)NCC2CNCC2O)cc(OC)c1Br.Cl. The van der Waals surface area contributed by atoms with Gasteiger partial charge in [0.15, 0.2) is 0 Å². The summed E-state index contributed by atoms with van der Waals surface area (Å²) in [7, 11) is 3.06. The van der Waals surface area contributed by atoms with Crippen LogP contribution in [0.5, 0.6) is 11.5 Å². The average Bonchev–Trinajstić information content (AvgIpc) is 2.90. The van der Waals surface area contributed by atoms with E-state index >= 15 is 0 Å². The molecule has 0 aromatic heterocycles. The number of carbonyl (C=O) groups is 1. The van der Waals surface area contributed by atoms with Crippen LogP contribution in [-0.2, 0) is 0 Å². The molecule has 8 heteroatoms. The Morgan fingerprint density at radius 3 is 2.41 bits per heavy atom. The molecule has 1 heterocycles. The number of hydrogen-bond acceptors (Lipinski definition) is 5. The van der Waals surface area contributed by atoms with Crippen molar-refractivity contribution in [2.45, 2.75) is 6.10 Å². The largest absolute Gasteiger partial charge is 0.495 e. The maximum absolute atomic E-state index is 12.2. The van der Waals surface area contributed by atoms with Crippen LogP contribution in [0.15, 0.2) is 16.6 Å². The standard InChI is InChI=1S/C14H19BrN2O4.ClH/c1-20-11-3-8(4-12(21-2)13(11)15)14(19)17-6-9-5-16-7-10(9)18;/h3-4,9-10,16,18H,5-7H2,1-2H3,(H,17,19);1H. The minimum atomic E-state index is -0.417. The van der Waals surface area contributed by atoms with Crippen molar-refractivity contribution < 1.29 is 19.4 Å². The molecule has 0 radical (unpaired) electrons. The van der Waals surface area contributed by atoms with Crippen molar-refractivity contribution in [1.29, 1.82) is 0 Å². The van der Waals surface area contributed by atoms with Crippen LogP contribution in [0.3, 0.4) is 0 Å². The van der Waals surface area contributed by atoms with Crippen molar-refractivity contribution in [2.24, 2.45) is 5.92 Å². The highest BCUT2D eigenvalue weighted by molar-refractivity contribution is 9.10. The summed E-state index contributed by atoms with van der Waals surface area (Å²) >= 11 is 3.36. The van der Waals surface area contributed by atoms with E-state index in [-0.39, 0.29) is 24.2 Å². The topological polar surface area (TPSA) is 79.8 Å². The zero-order valence-electron chi connectivity index (χ0n) is 12.4. The predicted octanol–water partition coefficient (Wildman–Crippen LogP) is 1.20. The van der Waals surface area contributed by atoms with Crippen LogP contribution in [0, 0.1) is 5.92 Å². The molecule has 1 saturated heterocycles. The van der Waals surface area contributed by atoms with Crippen molar-refractivity contribution in [3.05, 3.63) is 22.2 Å². The molecule has 1 aliphatic heterocycles. The maximum atomic E-state index is 12.2. The predicted molar refractivity (Wildman–Crippen MR) is 89.2 cm³/mol. The number of nitrogens with one attached hydrogen (secondary N) is 2. The van der Waals surface area contributed by atoms with E-state index in [0.717, 1.165) is 0 Å². The monoisotopic (exact) mass is 394 g/mol. The lowest BCUT2D eigenvalue weighted by atomic mass is 10.1. The van der Waals surface area contributed by atoms with Gasteiger partial charge in [-0.25, -0.2) is 0 Å². The molecular weight excluding hydrogens is 376 g/mol. The lowest BCUT2D eigenvalue weighted by molar-refractivity contribution is 0.0926. The van der Waals surface area contributed by atoms with Crippen LogP contribution in [0.4, 0.5) is 0 Å². The normalized spacial score (nSPS) is 20.2. The lowest BCUT2D eigenvalue weighted by Crippen LogP contribution is -2.34. The number of carbonyl (C=O) groups excluding carboxylic acids is 1. The summed E-state index contributed by atoms with van der Waals surface area (Å²) in [4.78, 5) is 12.2. The molecule has 0 saturated carbocycles. The van der Waals surface area contributed by atoms with Gasteiger partial charge >= 0.3 is 0 Å². The summed E-state index contributed by atoms with van der Waals surface area (Å²) in [5.74, 6) is 0.871. The molecule has 1 amide bonds. The molecule has 2 unspecified atom stereocenters. The fourth-order valence-corrected chi connectivity index (χ4v) is 2.81. The molecule has 0 aliphatic carbocycles. The van der Waals surface area contributed by atoms with E-state index in [0.29, 0.717) is 41.2 Å².